The van der Waals surface area contributed by atoms with Gasteiger partial charge in [0.05, 0.1) is 30.9 Å². The quantitative estimate of drug-likeness (QED) is 0.732. The van der Waals surface area contributed by atoms with Crippen molar-refractivity contribution >= 4 is 12.0 Å². The molecule has 0 fully saturated rings. The van der Waals surface area contributed by atoms with Gasteiger partial charge in [-0.1, -0.05) is 0 Å². The van der Waals surface area contributed by atoms with Crippen LogP contribution >= 0.6 is 0 Å². The number of hydrogen-bond donors (Lipinski definition) is 3. The summed E-state index contributed by atoms with van der Waals surface area (Å²) in [6.45, 7) is 5.88. The molecule has 1 aromatic rings. The third-order valence-corrected chi connectivity index (χ3v) is 3.29. The van der Waals surface area contributed by atoms with E-state index in [0.717, 1.165) is 25.2 Å². The molecule has 0 atom stereocenters. The number of rotatable bonds is 2. The van der Waals surface area contributed by atoms with Crippen LogP contribution in [0.1, 0.15) is 31.7 Å². The van der Waals surface area contributed by atoms with Crippen LogP contribution in [0.3, 0.4) is 0 Å². The van der Waals surface area contributed by atoms with Gasteiger partial charge in [-0.2, -0.15) is 13.2 Å². The minimum Gasteiger partial charge on any atom is -0.475 e. The monoisotopic (exact) mass is 366 g/mol. The first-order chi connectivity index (χ1) is 11.6. The number of carbonyl (C=O) groups excluding carboxylic acids is 1. The Morgan fingerprint density at radius 3 is 2.44 bits per heavy atom. The predicted molar refractivity (Wildman–Crippen MR) is 80.5 cm³/mol. The van der Waals surface area contributed by atoms with Gasteiger partial charge < -0.3 is 25.0 Å². The van der Waals surface area contributed by atoms with Crippen molar-refractivity contribution in [3.63, 3.8) is 0 Å². The number of urea groups is 1. The number of halogens is 3. The van der Waals surface area contributed by atoms with E-state index in [-0.39, 0.29) is 18.7 Å². The lowest BCUT2D eigenvalue weighted by Gasteiger charge is -2.22. The summed E-state index contributed by atoms with van der Waals surface area (Å²) in [6, 6.07) is 0.0755. The van der Waals surface area contributed by atoms with Crippen molar-refractivity contribution < 1.29 is 33.0 Å². The summed E-state index contributed by atoms with van der Waals surface area (Å²) in [7, 11) is 0. The average molecular weight is 366 g/mol. The van der Waals surface area contributed by atoms with Gasteiger partial charge in [0.2, 0.25) is 0 Å². The molecule has 11 heteroatoms. The van der Waals surface area contributed by atoms with Crippen LogP contribution in [0, 0.1) is 0 Å². The maximum atomic E-state index is 12.0. The van der Waals surface area contributed by atoms with Crippen molar-refractivity contribution in [2.75, 3.05) is 6.54 Å². The van der Waals surface area contributed by atoms with Crippen molar-refractivity contribution in [1.29, 1.82) is 0 Å². The van der Waals surface area contributed by atoms with E-state index >= 15 is 0 Å². The molecule has 0 aliphatic carbocycles. The highest BCUT2D eigenvalue weighted by atomic mass is 19.4. The van der Waals surface area contributed by atoms with Crippen molar-refractivity contribution in [2.45, 2.75) is 52.2 Å². The number of amides is 2. The number of hydrogen-bond acceptors (Lipinski definition) is 4. The number of aliphatic hydroxyl groups excluding tert-OH is 1. The highest BCUT2D eigenvalue weighted by Gasteiger charge is 2.38. The molecule has 0 saturated heterocycles. The fourth-order valence-corrected chi connectivity index (χ4v) is 2.16. The second-order valence-corrected chi connectivity index (χ2v) is 5.67. The fraction of sp³-hybridized carbons (Fsp3) is 0.643. The minimum absolute atomic E-state index is 0.0523. The second kappa shape index (κ2) is 8.70. The molecule has 1 aliphatic heterocycles. The number of imidazole rings is 1. The molecule has 0 unspecified atom stereocenters. The Bertz CT molecular complexity index is 601. The number of carbonyl (C=O) groups is 2. The molecule has 1 aromatic heterocycles. The minimum atomic E-state index is -5.08. The molecule has 0 bridgehead atoms. The molecule has 0 spiro atoms. The molecular formula is C14H21F3N4O4. The zero-order chi connectivity index (χ0) is 19.2. The zero-order valence-corrected chi connectivity index (χ0v) is 13.9. The number of fused-ring (bicyclic) bond motifs is 1. The van der Waals surface area contributed by atoms with Crippen LogP contribution < -0.4 is 5.32 Å². The number of nitrogens with one attached hydrogen (secondary N) is 1. The first-order valence-corrected chi connectivity index (χ1v) is 7.55. The van der Waals surface area contributed by atoms with E-state index in [4.69, 9.17) is 9.90 Å². The molecule has 142 valence electrons. The Hall–Kier alpha value is -2.30. The summed E-state index contributed by atoms with van der Waals surface area (Å²) < 4.78 is 33.8. The van der Waals surface area contributed by atoms with Gasteiger partial charge in [0, 0.05) is 19.1 Å². The maximum Gasteiger partial charge on any atom is 0.490 e. The van der Waals surface area contributed by atoms with Gasteiger partial charge in [-0.15, -0.1) is 0 Å². The first-order valence-electron chi connectivity index (χ1n) is 7.55. The van der Waals surface area contributed by atoms with Gasteiger partial charge in [-0.05, 0) is 20.3 Å². The predicted octanol–water partition coefficient (Wildman–Crippen LogP) is 1.33. The van der Waals surface area contributed by atoms with Crippen LogP contribution in [0.5, 0.6) is 0 Å². The lowest BCUT2D eigenvalue weighted by Crippen LogP contribution is -2.42. The molecule has 25 heavy (non-hydrogen) atoms. The average Bonchev–Trinajstić information content (AvgIpc) is 2.74. The number of aryl methyl sites for hydroxylation is 1. The Morgan fingerprint density at radius 2 is 1.96 bits per heavy atom. The van der Waals surface area contributed by atoms with Gasteiger partial charge >= 0.3 is 18.2 Å². The zero-order valence-electron chi connectivity index (χ0n) is 13.9. The third kappa shape index (κ3) is 6.25. The second-order valence-electron chi connectivity index (χ2n) is 5.67. The van der Waals surface area contributed by atoms with Gasteiger partial charge in [-0.25, -0.2) is 14.6 Å². The summed E-state index contributed by atoms with van der Waals surface area (Å²) >= 11 is 0. The summed E-state index contributed by atoms with van der Waals surface area (Å²) in [4.78, 5) is 26.9. The van der Waals surface area contributed by atoms with Crippen LogP contribution in [-0.2, 0) is 24.5 Å². The van der Waals surface area contributed by atoms with E-state index < -0.39 is 12.1 Å². The molecule has 0 radical (unpaired) electrons. The molecule has 2 heterocycles. The fourth-order valence-electron chi connectivity index (χ4n) is 2.16. The Labute approximate surface area is 142 Å². The standard InChI is InChI=1S/C12H20N4O2.C2HF3O2/c1-9(2)14-12(18)15-4-3-5-16-8-13-10(7-17)11(16)6-15;3-2(4,5)1(6)7/h8-9,17H,3-7H2,1-2H3,(H,14,18);(H,6,7). The number of aliphatic hydroxyl groups is 1. The van der Waals surface area contributed by atoms with E-state index in [0.29, 0.717) is 12.2 Å². The number of alkyl halides is 3. The summed E-state index contributed by atoms with van der Waals surface area (Å²) in [6.07, 6.45) is -2.44. The lowest BCUT2D eigenvalue weighted by molar-refractivity contribution is -0.192. The molecule has 0 aromatic carbocycles. The summed E-state index contributed by atoms with van der Waals surface area (Å²) in [5, 5.41) is 19.3. The summed E-state index contributed by atoms with van der Waals surface area (Å²) in [5.74, 6) is -2.76. The van der Waals surface area contributed by atoms with Crippen LogP contribution in [0.25, 0.3) is 0 Å². The number of nitrogens with zero attached hydrogens (tertiary/aromatic N) is 3. The van der Waals surface area contributed by atoms with Crippen LogP contribution in [0.2, 0.25) is 0 Å². The highest BCUT2D eigenvalue weighted by Crippen LogP contribution is 2.16. The Balaban J connectivity index is 0.000000381. The number of aromatic nitrogens is 2. The van der Waals surface area contributed by atoms with E-state index in [2.05, 4.69) is 10.3 Å². The Morgan fingerprint density at radius 1 is 1.36 bits per heavy atom. The van der Waals surface area contributed by atoms with Crippen molar-refractivity contribution in [3.8, 4) is 0 Å². The van der Waals surface area contributed by atoms with Crippen LogP contribution in [-0.4, -0.2) is 55.4 Å². The molecule has 3 N–H and O–H groups in total. The topological polar surface area (TPSA) is 108 Å². The Kier molecular flexibility index (Phi) is 7.22. The molecule has 0 saturated carbocycles. The molecule has 1 aliphatic rings. The van der Waals surface area contributed by atoms with Gasteiger partial charge in [0.25, 0.3) is 0 Å². The smallest absolute Gasteiger partial charge is 0.475 e. The SMILES string of the molecule is CC(C)NC(=O)N1CCCn2cnc(CO)c2C1.O=C(O)C(F)(F)F. The molecule has 2 amide bonds. The van der Waals surface area contributed by atoms with E-state index in [1.54, 1.807) is 11.2 Å². The van der Waals surface area contributed by atoms with E-state index in [1.165, 1.54) is 0 Å². The largest absolute Gasteiger partial charge is 0.490 e. The lowest BCUT2D eigenvalue weighted by atomic mass is 10.3. The van der Waals surface area contributed by atoms with Gasteiger partial charge in [-0.3, -0.25) is 0 Å². The third-order valence-electron chi connectivity index (χ3n) is 3.29. The normalized spacial score (nSPS) is 14.3. The van der Waals surface area contributed by atoms with Crippen LogP contribution in [0.4, 0.5) is 18.0 Å². The number of carboxylic acid groups (broad SMARTS) is 1. The number of aliphatic carboxylic acids is 1. The molecule has 2 rings (SSSR count). The van der Waals surface area contributed by atoms with E-state index in [9.17, 15) is 23.1 Å². The van der Waals surface area contributed by atoms with Crippen molar-refractivity contribution in [3.05, 3.63) is 17.7 Å². The van der Waals surface area contributed by atoms with Gasteiger partial charge in [0.15, 0.2) is 0 Å². The van der Waals surface area contributed by atoms with Gasteiger partial charge in [0.1, 0.15) is 0 Å². The highest BCUT2D eigenvalue weighted by molar-refractivity contribution is 5.74. The molecule has 8 nitrogen and oxygen atoms in total. The van der Waals surface area contributed by atoms with E-state index in [1.807, 2.05) is 18.4 Å². The number of carboxylic acids is 1. The molecular weight excluding hydrogens is 345 g/mol. The van der Waals surface area contributed by atoms with Crippen molar-refractivity contribution in [1.82, 2.24) is 19.8 Å². The first kappa shape index (κ1) is 20.7. The summed E-state index contributed by atoms with van der Waals surface area (Å²) in [5.41, 5.74) is 1.60. The van der Waals surface area contributed by atoms with Crippen molar-refractivity contribution in [2.24, 2.45) is 0 Å². The van der Waals surface area contributed by atoms with Crippen LogP contribution in [0.15, 0.2) is 6.33 Å². The maximum absolute atomic E-state index is 12.0.